The summed E-state index contributed by atoms with van der Waals surface area (Å²) in [7, 11) is 0. The summed E-state index contributed by atoms with van der Waals surface area (Å²) in [6, 6.07) is 0. The quantitative estimate of drug-likeness (QED) is 0.253. The Labute approximate surface area is 237 Å². The van der Waals surface area contributed by atoms with Gasteiger partial charge in [-0.1, -0.05) is 0 Å². The molecule has 2 aromatic heterocycles. The van der Waals surface area contributed by atoms with Crippen LogP contribution in [0, 0.1) is 9.54 Å². The van der Waals surface area contributed by atoms with Crippen LogP contribution in [0.3, 0.4) is 0 Å². The van der Waals surface area contributed by atoms with Crippen LogP contribution in [0.4, 0.5) is 0 Å². The number of carboxylic acid groups (broad SMARTS) is 2. The van der Waals surface area contributed by atoms with Crippen LogP contribution in [0.2, 0.25) is 0 Å². The van der Waals surface area contributed by atoms with Crippen LogP contribution >= 0.6 is 24.4 Å². The molecule has 224 valence electrons. The first-order valence-electron chi connectivity index (χ1n) is 11.8. The lowest BCUT2D eigenvalue weighted by Gasteiger charge is -2.09. The average Bonchev–Trinajstić information content (AvgIpc) is 2.97. The van der Waals surface area contributed by atoms with Gasteiger partial charge in [0.05, 0.1) is 79.3 Å². The van der Waals surface area contributed by atoms with Crippen molar-refractivity contribution in [2.75, 3.05) is 79.3 Å². The van der Waals surface area contributed by atoms with Crippen LogP contribution < -0.4 is 11.1 Å². The van der Waals surface area contributed by atoms with E-state index in [-0.39, 0.29) is 20.7 Å². The number of hydrogen-bond donors (Lipinski definition) is 6. The van der Waals surface area contributed by atoms with Crippen molar-refractivity contribution in [1.29, 1.82) is 0 Å². The van der Waals surface area contributed by atoms with Gasteiger partial charge in [0.15, 0.2) is 9.54 Å². The van der Waals surface area contributed by atoms with E-state index in [2.05, 4.69) is 44.4 Å². The first kappa shape index (κ1) is 34.9. The smallest absolute Gasteiger partial charge is 0.342 e. The van der Waals surface area contributed by atoms with Gasteiger partial charge >= 0.3 is 11.9 Å². The molecule has 0 bridgehead atoms. The van der Waals surface area contributed by atoms with Gasteiger partial charge in [0.2, 0.25) is 0 Å². The fourth-order valence-corrected chi connectivity index (χ4v) is 2.76. The molecule has 5 rings (SSSR count). The van der Waals surface area contributed by atoms with Crippen molar-refractivity contribution < 1.29 is 48.2 Å². The molecule has 2 aromatic rings. The van der Waals surface area contributed by atoms with Crippen molar-refractivity contribution in [2.24, 2.45) is 0 Å². The summed E-state index contributed by atoms with van der Waals surface area (Å²) >= 11 is 9.08. The van der Waals surface area contributed by atoms with Crippen LogP contribution in [-0.2, 0) is 28.4 Å². The predicted octanol–water partition coefficient (Wildman–Crippen LogP) is 0.361. The van der Waals surface area contributed by atoms with Crippen molar-refractivity contribution >= 4 is 36.4 Å². The zero-order valence-electron chi connectivity index (χ0n) is 21.4. The molecule has 0 atom stereocenters. The number of hydrogen-bond acceptors (Lipinski definition) is 12. The Kier molecular flexibility index (Phi) is 18.9. The summed E-state index contributed by atoms with van der Waals surface area (Å²) in [5, 5.41) is 16.8. The van der Waals surface area contributed by atoms with Gasteiger partial charge in [-0.05, 0) is 24.4 Å². The Bertz CT molecular complexity index is 1090. The number of aromatic nitrogens is 4. The fourth-order valence-electron chi connectivity index (χ4n) is 2.46. The molecule has 0 spiro atoms. The zero-order valence-corrected chi connectivity index (χ0v) is 23.1. The normalized spacial score (nSPS) is 16.0. The Hall–Kier alpha value is -3.10. The summed E-state index contributed by atoms with van der Waals surface area (Å²) in [6.45, 7) is 9.33. The number of aromatic carboxylic acids is 2. The molecule has 18 heteroatoms. The fraction of sp³-hybridized carbons (Fsp3) is 0.545. The zero-order chi connectivity index (χ0) is 29.6. The van der Waals surface area contributed by atoms with E-state index in [1.165, 1.54) is 0 Å². The molecule has 0 radical (unpaired) electrons. The molecule has 0 aliphatic carbocycles. The summed E-state index contributed by atoms with van der Waals surface area (Å²) in [6.07, 6.45) is 2.12. The highest BCUT2D eigenvalue weighted by molar-refractivity contribution is 7.71. The number of rotatable bonds is 2. The molecule has 3 saturated heterocycles. The maximum Gasteiger partial charge on any atom is 0.342 e. The molecule has 0 unspecified atom stereocenters. The first-order valence-corrected chi connectivity index (χ1v) is 12.6. The predicted molar refractivity (Wildman–Crippen MR) is 143 cm³/mol. The first-order chi connectivity index (χ1) is 19.2. The van der Waals surface area contributed by atoms with Gasteiger partial charge in [0, 0.05) is 12.4 Å². The van der Waals surface area contributed by atoms with Crippen molar-refractivity contribution in [3.8, 4) is 0 Å². The maximum absolute atomic E-state index is 10.8. The second-order valence-electron chi connectivity index (χ2n) is 7.26. The average molecular weight is 609 g/mol. The van der Waals surface area contributed by atoms with E-state index in [1.807, 2.05) is 0 Å². The summed E-state index contributed by atoms with van der Waals surface area (Å²) in [5.74, 6) is -2.56. The maximum atomic E-state index is 10.8. The molecule has 0 saturated carbocycles. The molecular weight excluding hydrogens is 576 g/mol. The lowest BCUT2D eigenvalue weighted by molar-refractivity contribution is -0.0334. The summed E-state index contributed by atoms with van der Waals surface area (Å²) in [4.78, 5) is 51.1. The minimum absolute atomic E-state index is 0.111. The van der Waals surface area contributed by atoms with E-state index in [9.17, 15) is 19.2 Å². The molecule has 5 heterocycles. The molecule has 3 aliphatic rings. The van der Waals surface area contributed by atoms with Crippen LogP contribution in [0.15, 0.2) is 22.0 Å². The number of aromatic amines is 4. The minimum Gasteiger partial charge on any atom is -0.477 e. The van der Waals surface area contributed by atoms with Gasteiger partial charge in [-0.2, -0.15) is 0 Å². The highest BCUT2D eigenvalue weighted by Crippen LogP contribution is 1.87. The van der Waals surface area contributed by atoms with Crippen molar-refractivity contribution in [3.63, 3.8) is 0 Å². The van der Waals surface area contributed by atoms with Crippen LogP contribution in [0.25, 0.3) is 0 Å². The molecule has 3 fully saturated rings. The molecule has 40 heavy (non-hydrogen) atoms. The molecule has 0 aromatic carbocycles. The Morgan fingerprint density at radius 2 is 0.775 bits per heavy atom. The SMILES string of the molecule is C1COCCO1.C1COCCO1.C1COCCO1.O=C(O)c1c[nH]c(=S)[nH]c1=O.O=C(O)c1c[nH]c(=S)[nH]c1=O. The molecule has 6 N–H and O–H groups in total. The highest BCUT2D eigenvalue weighted by atomic mass is 32.1. The summed E-state index contributed by atoms with van der Waals surface area (Å²) < 4.78 is 29.9. The van der Waals surface area contributed by atoms with Crippen LogP contribution in [0.5, 0.6) is 0 Å². The van der Waals surface area contributed by atoms with Crippen molar-refractivity contribution in [1.82, 2.24) is 19.9 Å². The van der Waals surface area contributed by atoms with Crippen LogP contribution in [0.1, 0.15) is 20.7 Å². The number of carboxylic acids is 2. The van der Waals surface area contributed by atoms with E-state index in [4.69, 9.17) is 38.6 Å². The number of carbonyl (C=O) groups is 2. The second-order valence-corrected chi connectivity index (χ2v) is 8.07. The minimum atomic E-state index is -1.28. The Morgan fingerprint density at radius 1 is 0.550 bits per heavy atom. The van der Waals surface area contributed by atoms with E-state index in [1.54, 1.807) is 0 Å². The standard InChI is InChI=1S/2C5H4N2O3S.3C4H8O2/c2*8-3-2(4(9)10)1-6-5(11)7-3;3*1-2-6-4-3-5-1/h2*1H,(H,9,10)(H2,6,7,8,11);3*1-4H2. The summed E-state index contributed by atoms with van der Waals surface area (Å²) in [5.41, 5.74) is -2.08. The third-order valence-electron chi connectivity index (χ3n) is 4.33. The van der Waals surface area contributed by atoms with Gasteiger partial charge in [0.25, 0.3) is 11.1 Å². The van der Waals surface area contributed by atoms with Crippen molar-refractivity contribution in [2.45, 2.75) is 0 Å². The van der Waals surface area contributed by atoms with E-state index in [0.29, 0.717) is 0 Å². The second kappa shape index (κ2) is 21.7. The van der Waals surface area contributed by atoms with Gasteiger partial charge in [0.1, 0.15) is 11.1 Å². The van der Waals surface area contributed by atoms with Gasteiger partial charge in [-0.15, -0.1) is 0 Å². The molecule has 3 aliphatic heterocycles. The third kappa shape index (κ3) is 16.8. The Balaban J connectivity index is 0.000000258. The largest absolute Gasteiger partial charge is 0.477 e. The molecule has 16 nitrogen and oxygen atoms in total. The van der Waals surface area contributed by atoms with E-state index < -0.39 is 23.1 Å². The number of ether oxygens (including phenoxy) is 6. The van der Waals surface area contributed by atoms with E-state index in [0.717, 1.165) is 91.7 Å². The van der Waals surface area contributed by atoms with Crippen LogP contribution in [-0.4, -0.2) is 121 Å². The monoisotopic (exact) mass is 608 g/mol. The third-order valence-corrected chi connectivity index (χ3v) is 4.77. The highest BCUT2D eigenvalue weighted by Gasteiger charge is 2.07. The lowest BCUT2D eigenvalue weighted by Crippen LogP contribution is -2.17. The van der Waals surface area contributed by atoms with E-state index >= 15 is 0 Å². The Morgan fingerprint density at radius 3 is 0.925 bits per heavy atom. The lowest BCUT2D eigenvalue weighted by atomic mass is 10.3. The number of H-pyrrole nitrogens is 4. The van der Waals surface area contributed by atoms with Gasteiger partial charge in [-0.3, -0.25) is 19.6 Å². The molecule has 0 amide bonds. The molecular formula is C22H32N4O12S2. The topological polar surface area (TPSA) is 227 Å². The number of nitrogens with one attached hydrogen (secondary N) is 4. The van der Waals surface area contributed by atoms with Gasteiger partial charge < -0.3 is 48.6 Å². The van der Waals surface area contributed by atoms with Gasteiger partial charge in [-0.25, -0.2) is 9.59 Å². The van der Waals surface area contributed by atoms with Crippen molar-refractivity contribution in [3.05, 3.63) is 53.8 Å².